The molecule has 6 heteroatoms. The Morgan fingerprint density at radius 3 is 2.60 bits per heavy atom. The molecular weight excluding hydrogens is 254 g/mol. The van der Waals surface area contributed by atoms with Crippen LogP contribution in [0.2, 0.25) is 0 Å². The zero-order valence-electron chi connectivity index (χ0n) is 13.0. The maximum Gasteiger partial charge on any atom is 0.239 e. The topological polar surface area (TPSA) is 70.2 Å². The summed E-state index contributed by atoms with van der Waals surface area (Å²) in [5.41, 5.74) is 0. The van der Waals surface area contributed by atoms with E-state index in [0.717, 1.165) is 18.2 Å². The minimum absolute atomic E-state index is 0.00289. The number of hydrogen-bond acceptors (Lipinski definition) is 5. The van der Waals surface area contributed by atoms with Gasteiger partial charge in [-0.25, -0.2) is 9.97 Å². The molecule has 0 aromatic carbocycles. The summed E-state index contributed by atoms with van der Waals surface area (Å²) >= 11 is 0. The maximum absolute atomic E-state index is 11.9. The lowest BCUT2D eigenvalue weighted by molar-refractivity contribution is -0.120. The molecule has 0 aliphatic heterocycles. The Morgan fingerprint density at radius 2 is 2.05 bits per heavy atom. The molecule has 20 heavy (non-hydrogen) atoms. The fourth-order valence-electron chi connectivity index (χ4n) is 1.88. The SMILES string of the molecule is CCNc1cc(N(CC)CC(=O)NC(C)C)nc(C)n1. The summed E-state index contributed by atoms with van der Waals surface area (Å²) in [5.74, 6) is 2.26. The molecule has 0 aliphatic carbocycles. The summed E-state index contributed by atoms with van der Waals surface area (Å²) in [4.78, 5) is 22.6. The zero-order chi connectivity index (χ0) is 15.1. The molecule has 0 aliphatic rings. The van der Waals surface area contributed by atoms with Gasteiger partial charge in [0.25, 0.3) is 0 Å². The molecule has 0 spiro atoms. The van der Waals surface area contributed by atoms with Gasteiger partial charge in [0.05, 0.1) is 6.54 Å². The second-order valence-electron chi connectivity index (χ2n) is 4.93. The van der Waals surface area contributed by atoms with Crippen molar-refractivity contribution in [3.05, 3.63) is 11.9 Å². The molecule has 0 atom stereocenters. The normalized spacial score (nSPS) is 10.5. The monoisotopic (exact) mass is 279 g/mol. The van der Waals surface area contributed by atoms with Gasteiger partial charge in [-0.3, -0.25) is 4.79 Å². The van der Waals surface area contributed by atoms with Crippen molar-refractivity contribution in [3.8, 4) is 0 Å². The molecule has 1 aromatic rings. The van der Waals surface area contributed by atoms with Crippen LogP contribution in [0.15, 0.2) is 6.07 Å². The molecule has 2 N–H and O–H groups in total. The van der Waals surface area contributed by atoms with Gasteiger partial charge < -0.3 is 15.5 Å². The predicted molar refractivity (Wildman–Crippen MR) is 82.1 cm³/mol. The van der Waals surface area contributed by atoms with Crippen molar-refractivity contribution in [2.24, 2.45) is 0 Å². The lowest BCUT2D eigenvalue weighted by Crippen LogP contribution is -2.40. The molecule has 6 nitrogen and oxygen atoms in total. The smallest absolute Gasteiger partial charge is 0.239 e. The molecule has 1 rings (SSSR count). The first-order valence-corrected chi connectivity index (χ1v) is 7.10. The predicted octanol–water partition coefficient (Wildman–Crippen LogP) is 1.57. The van der Waals surface area contributed by atoms with Gasteiger partial charge in [0.1, 0.15) is 17.5 Å². The van der Waals surface area contributed by atoms with Gasteiger partial charge in [-0.2, -0.15) is 0 Å². The first kappa shape index (κ1) is 16.2. The van der Waals surface area contributed by atoms with E-state index < -0.39 is 0 Å². The van der Waals surface area contributed by atoms with Gasteiger partial charge in [0.2, 0.25) is 5.91 Å². The minimum atomic E-state index is 0.00289. The van der Waals surface area contributed by atoms with Gasteiger partial charge in [0, 0.05) is 25.2 Å². The number of likely N-dealkylation sites (N-methyl/N-ethyl adjacent to an activating group) is 1. The third-order valence-corrected chi connectivity index (χ3v) is 2.67. The van der Waals surface area contributed by atoms with Crippen LogP contribution in [0.1, 0.15) is 33.5 Å². The van der Waals surface area contributed by atoms with E-state index in [1.165, 1.54) is 0 Å². The van der Waals surface area contributed by atoms with Gasteiger partial charge >= 0.3 is 0 Å². The maximum atomic E-state index is 11.9. The molecule has 0 bridgehead atoms. The number of rotatable bonds is 7. The number of nitrogens with one attached hydrogen (secondary N) is 2. The highest BCUT2D eigenvalue weighted by atomic mass is 16.2. The van der Waals surface area contributed by atoms with Crippen molar-refractivity contribution in [1.29, 1.82) is 0 Å². The Morgan fingerprint density at radius 1 is 1.35 bits per heavy atom. The average Bonchev–Trinajstić information content (AvgIpc) is 2.34. The zero-order valence-corrected chi connectivity index (χ0v) is 13.0. The van der Waals surface area contributed by atoms with Gasteiger partial charge in [-0.05, 0) is 34.6 Å². The summed E-state index contributed by atoms with van der Waals surface area (Å²) in [7, 11) is 0. The second-order valence-corrected chi connectivity index (χ2v) is 4.93. The minimum Gasteiger partial charge on any atom is -0.370 e. The van der Waals surface area contributed by atoms with E-state index in [9.17, 15) is 4.79 Å². The molecule has 0 radical (unpaired) electrons. The quantitative estimate of drug-likeness (QED) is 0.793. The molecule has 1 aromatic heterocycles. The summed E-state index contributed by atoms with van der Waals surface area (Å²) in [5, 5.41) is 6.07. The number of carbonyl (C=O) groups is 1. The van der Waals surface area contributed by atoms with Crippen LogP contribution in [0.25, 0.3) is 0 Å². The Labute approximate surface area is 121 Å². The van der Waals surface area contributed by atoms with Crippen molar-refractivity contribution < 1.29 is 4.79 Å². The Balaban J connectivity index is 2.85. The number of nitrogens with zero attached hydrogens (tertiary/aromatic N) is 3. The lowest BCUT2D eigenvalue weighted by atomic mass is 10.3. The standard InChI is InChI=1S/C14H25N5O/c1-6-15-12-8-13(18-11(5)17-12)19(7-2)9-14(20)16-10(3)4/h8,10H,6-7,9H2,1-5H3,(H,16,20)(H,15,17,18). The summed E-state index contributed by atoms with van der Waals surface area (Å²) in [6, 6.07) is 2.02. The number of aryl methyl sites for hydroxylation is 1. The van der Waals surface area contributed by atoms with E-state index in [4.69, 9.17) is 0 Å². The molecular formula is C14H25N5O. The largest absolute Gasteiger partial charge is 0.370 e. The fraction of sp³-hybridized carbons (Fsp3) is 0.643. The van der Waals surface area contributed by atoms with Crippen LogP contribution < -0.4 is 15.5 Å². The van der Waals surface area contributed by atoms with E-state index in [2.05, 4.69) is 20.6 Å². The number of hydrogen-bond donors (Lipinski definition) is 2. The van der Waals surface area contributed by atoms with Crippen LogP contribution in [-0.2, 0) is 4.79 Å². The van der Waals surface area contributed by atoms with E-state index in [0.29, 0.717) is 18.9 Å². The first-order chi connectivity index (χ1) is 9.46. The van der Waals surface area contributed by atoms with Crippen molar-refractivity contribution in [1.82, 2.24) is 15.3 Å². The van der Waals surface area contributed by atoms with E-state index in [1.54, 1.807) is 0 Å². The van der Waals surface area contributed by atoms with Crippen molar-refractivity contribution in [2.45, 2.75) is 40.7 Å². The van der Waals surface area contributed by atoms with Crippen LogP contribution >= 0.6 is 0 Å². The fourth-order valence-corrected chi connectivity index (χ4v) is 1.88. The Bertz CT molecular complexity index is 447. The van der Waals surface area contributed by atoms with Crippen LogP contribution in [-0.4, -0.2) is 41.6 Å². The molecule has 1 amide bonds. The number of amides is 1. The highest BCUT2D eigenvalue weighted by Gasteiger charge is 2.13. The summed E-state index contributed by atoms with van der Waals surface area (Å²) < 4.78 is 0. The lowest BCUT2D eigenvalue weighted by Gasteiger charge is -2.22. The number of aromatic nitrogens is 2. The number of anilines is 2. The van der Waals surface area contributed by atoms with Gasteiger partial charge in [0.15, 0.2) is 0 Å². The van der Waals surface area contributed by atoms with Crippen molar-refractivity contribution >= 4 is 17.5 Å². The summed E-state index contributed by atoms with van der Waals surface area (Å²) in [6.45, 7) is 11.6. The van der Waals surface area contributed by atoms with Crippen molar-refractivity contribution in [2.75, 3.05) is 29.9 Å². The highest BCUT2D eigenvalue weighted by Crippen LogP contribution is 2.15. The number of carbonyl (C=O) groups excluding carboxylic acids is 1. The summed E-state index contributed by atoms with van der Waals surface area (Å²) in [6.07, 6.45) is 0. The van der Waals surface area contributed by atoms with Gasteiger partial charge in [-0.15, -0.1) is 0 Å². The molecule has 1 heterocycles. The molecule has 112 valence electrons. The van der Waals surface area contributed by atoms with E-state index >= 15 is 0 Å². The van der Waals surface area contributed by atoms with Gasteiger partial charge in [-0.1, -0.05) is 0 Å². The van der Waals surface area contributed by atoms with Crippen molar-refractivity contribution in [3.63, 3.8) is 0 Å². The second kappa shape index (κ2) is 7.67. The molecule has 0 unspecified atom stereocenters. The van der Waals surface area contributed by atoms with E-state index in [-0.39, 0.29) is 11.9 Å². The molecule has 0 saturated carbocycles. The van der Waals surface area contributed by atoms with E-state index in [1.807, 2.05) is 45.6 Å². The molecule has 0 fully saturated rings. The first-order valence-electron chi connectivity index (χ1n) is 7.10. The average molecular weight is 279 g/mol. The van der Waals surface area contributed by atoms with Crippen LogP contribution in [0.4, 0.5) is 11.6 Å². The van der Waals surface area contributed by atoms with Crippen LogP contribution in [0.5, 0.6) is 0 Å². The van der Waals surface area contributed by atoms with Crippen LogP contribution in [0, 0.1) is 6.92 Å². The third kappa shape index (κ3) is 5.03. The third-order valence-electron chi connectivity index (χ3n) is 2.67. The highest BCUT2D eigenvalue weighted by molar-refractivity contribution is 5.81. The van der Waals surface area contributed by atoms with Crippen LogP contribution in [0.3, 0.4) is 0 Å². The Kier molecular flexibility index (Phi) is 6.21. The molecule has 0 saturated heterocycles. The Hall–Kier alpha value is -1.85.